The first-order valence-electron chi connectivity index (χ1n) is 15.0. The molecule has 4 aromatic heterocycles. The van der Waals surface area contributed by atoms with Gasteiger partial charge in [0.2, 0.25) is 10.3 Å². The summed E-state index contributed by atoms with van der Waals surface area (Å²) in [5.41, 5.74) is 5.37. The van der Waals surface area contributed by atoms with Crippen LogP contribution in [0.2, 0.25) is 5.02 Å². The van der Waals surface area contributed by atoms with Gasteiger partial charge in [0, 0.05) is 41.3 Å². The van der Waals surface area contributed by atoms with Gasteiger partial charge in [-0.15, -0.1) is 11.3 Å². The van der Waals surface area contributed by atoms with Gasteiger partial charge in [-0.05, 0) is 60.5 Å². The highest BCUT2D eigenvalue weighted by Gasteiger charge is 2.22. The molecule has 1 N–H and O–H groups in total. The van der Waals surface area contributed by atoms with E-state index in [9.17, 15) is 12.8 Å². The molecule has 48 heavy (non-hydrogen) atoms. The van der Waals surface area contributed by atoms with Gasteiger partial charge in [-0.1, -0.05) is 36.7 Å². The number of benzene rings is 2. The highest BCUT2D eigenvalue weighted by atomic mass is 35.5. The Morgan fingerprint density at radius 1 is 1.04 bits per heavy atom. The number of halogens is 2. The zero-order chi connectivity index (χ0) is 33.5. The molecule has 2 aromatic carbocycles. The minimum absolute atomic E-state index is 0.174. The molecular formula is C34H29ClFN7O3S2. The average molecular weight is 702 g/mol. The van der Waals surface area contributed by atoms with Crippen LogP contribution in [0.1, 0.15) is 35.7 Å². The van der Waals surface area contributed by atoms with Crippen LogP contribution in [-0.4, -0.2) is 50.3 Å². The highest BCUT2D eigenvalue weighted by Crippen LogP contribution is 2.33. The van der Waals surface area contributed by atoms with Gasteiger partial charge in [-0.2, -0.15) is 8.42 Å². The maximum atomic E-state index is 13.5. The first kappa shape index (κ1) is 33.1. The molecular weight excluding hydrogens is 673 g/mol. The number of thiazole rings is 1. The molecule has 6 rings (SSSR count). The third-order valence-corrected chi connectivity index (χ3v) is 9.11. The summed E-state index contributed by atoms with van der Waals surface area (Å²) in [4.78, 5) is 24.5. The van der Waals surface area contributed by atoms with Gasteiger partial charge in [0.15, 0.2) is 0 Å². The van der Waals surface area contributed by atoms with Crippen molar-refractivity contribution in [3.63, 3.8) is 0 Å². The van der Waals surface area contributed by atoms with Crippen molar-refractivity contribution in [2.45, 2.75) is 32.4 Å². The predicted octanol–water partition coefficient (Wildman–Crippen LogP) is 7.29. The van der Waals surface area contributed by atoms with Gasteiger partial charge in [0.05, 0.1) is 34.2 Å². The summed E-state index contributed by atoms with van der Waals surface area (Å²) < 4.78 is 42.8. The topological polar surface area (TPSA) is 123 Å². The Balaban J connectivity index is 1.21. The molecule has 4 heterocycles. The van der Waals surface area contributed by atoms with Crippen LogP contribution in [0.4, 0.5) is 15.9 Å². The molecule has 0 aliphatic carbocycles. The summed E-state index contributed by atoms with van der Waals surface area (Å²) in [6.45, 7) is 2.64. The average Bonchev–Trinajstić information content (AvgIpc) is 3.57. The molecule has 1 atom stereocenters. The van der Waals surface area contributed by atoms with Gasteiger partial charge in [-0.25, -0.2) is 19.3 Å². The van der Waals surface area contributed by atoms with Crippen molar-refractivity contribution >= 4 is 61.1 Å². The lowest BCUT2D eigenvalue weighted by atomic mass is 10.1. The summed E-state index contributed by atoms with van der Waals surface area (Å²) in [6, 6.07) is 18.8. The number of rotatable bonds is 13. The first-order chi connectivity index (χ1) is 23.4. The van der Waals surface area contributed by atoms with E-state index in [1.54, 1.807) is 41.6 Å². The van der Waals surface area contributed by atoms with Crippen LogP contribution < -0.4 is 10.1 Å². The molecule has 0 spiro atoms. The minimum atomic E-state index is -2.38. The van der Waals surface area contributed by atoms with Gasteiger partial charge >= 0.3 is 0 Å². The molecule has 244 valence electrons. The van der Waals surface area contributed by atoms with Crippen LogP contribution in [0, 0.1) is 5.82 Å². The molecule has 10 nitrogen and oxygen atoms in total. The van der Waals surface area contributed by atoms with Crippen molar-refractivity contribution < 1.29 is 17.5 Å². The van der Waals surface area contributed by atoms with E-state index in [2.05, 4.69) is 25.3 Å². The van der Waals surface area contributed by atoms with E-state index in [-0.39, 0.29) is 18.5 Å². The largest absolute Gasteiger partial charge is 0.487 e. The van der Waals surface area contributed by atoms with Crippen LogP contribution in [0.25, 0.3) is 22.3 Å². The van der Waals surface area contributed by atoms with E-state index in [0.717, 1.165) is 16.1 Å². The normalized spacial score (nSPS) is 11.8. The summed E-state index contributed by atoms with van der Waals surface area (Å²) in [6.07, 6.45) is 6.07. The Hall–Kier alpha value is -4.82. The monoisotopic (exact) mass is 701 g/mol. The third kappa shape index (κ3) is 8.17. The fraction of sp³-hybridized carbons (Fsp3) is 0.176. The molecule has 1 unspecified atom stereocenters. The van der Waals surface area contributed by atoms with Crippen molar-refractivity contribution in [2.24, 2.45) is 0 Å². The van der Waals surface area contributed by atoms with Gasteiger partial charge in [0.25, 0.3) is 0 Å². The van der Waals surface area contributed by atoms with Crippen molar-refractivity contribution in [3.8, 4) is 17.1 Å². The number of hydrogen-bond acceptors (Lipinski definition) is 10. The van der Waals surface area contributed by atoms with Gasteiger partial charge < -0.3 is 10.1 Å². The number of aromatic nitrogens is 5. The molecule has 0 saturated heterocycles. The van der Waals surface area contributed by atoms with Crippen LogP contribution in [0.3, 0.4) is 0 Å². The van der Waals surface area contributed by atoms with E-state index >= 15 is 0 Å². The number of pyridine rings is 2. The van der Waals surface area contributed by atoms with Gasteiger partial charge in [0.1, 0.15) is 40.8 Å². The first-order valence-corrected chi connectivity index (χ1v) is 17.3. The lowest BCUT2D eigenvalue weighted by Gasteiger charge is -2.24. The molecule has 0 fully saturated rings. The molecule has 0 bridgehead atoms. The summed E-state index contributed by atoms with van der Waals surface area (Å²) in [5.74, 6) is 0.679. The minimum Gasteiger partial charge on any atom is -0.487 e. The molecule has 14 heteroatoms. The second kappa shape index (κ2) is 15.4. The zero-order valence-corrected chi connectivity index (χ0v) is 28.0. The van der Waals surface area contributed by atoms with Crippen LogP contribution >= 0.6 is 22.9 Å². The summed E-state index contributed by atoms with van der Waals surface area (Å²) in [7, 11) is -2.38. The maximum absolute atomic E-state index is 13.5. The number of hydrogen-bond donors (Lipinski definition) is 1. The second-order valence-corrected chi connectivity index (χ2v) is 12.7. The number of fused-ring (bicyclic) bond motifs is 1. The predicted molar refractivity (Wildman–Crippen MR) is 187 cm³/mol. The standard InChI is InChI=1S/C34H29ClFN7O3S2/c1-2-31(43(21-48(44)45)13-11-24-8-3-4-12-37-24)34-42-30(19-47-34)28-16-26-29(17-38-28)39-20-40-33(26)41-25-9-10-32(27(35)15-25)46-18-22-6-5-7-23(36)14-22/h3-10,12,14-17,19-21,31H,2,11,13,18H2,1H3,(H,39,40,41). The number of nitrogens with zero attached hydrogens (tertiary/aromatic N) is 6. The molecule has 0 saturated carbocycles. The van der Waals surface area contributed by atoms with Crippen LogP contribution in [-0.2, 0) is 23.3 Å². The highest BCUT2D eigenvalue weighted by molar-refractivity contribution is 7.71. The van der Waals surface area contributed by atoms with Crippen LogP contribution in [0.5, 0.6) is 5.75 Å². The molecule has 0 aliphatic heterocycles. The van der Waals surface area contributed by atoms with E-state index in [0.29, 0.717) is 64.1 Å². The lowest BCUT2D eigenvalue weighted by molar-refractivity contribution is 0.306. The fourth-order valence-corrected chi connectivity index (χ4v) is 6.83. The molecule has 6 aromatic rings. The van der Waals surface area contributed by atoms with Gasteiger partial charge in [-0.3, -0.25) is 14.9 Å². The van der Waals surface area contributed by atoms with Crippen molar-refractivity contribution in [1.82, 2.24) is 29.8 Å². The smallest absolute Gasteiger partial charge is 0.225 e. The summed E-state index contributed by atoms with van der Waals surface area (Å²) >= 11 is 7.98. The number of anilines is 2. The molecule has 0 aliphatic rings. The number of ether oxygens (including phenoxy) is 1. The third-order valence-electron chi connectivity index (χ3n) is 7.43. The molecule has 0 radical (unpaired) electrons. The lowest BCUT2D eigenvalue weighted by Crippen LogP contribution is -2.30. The Morgan fingerprint density at radius 3 is 2.71 bits per heavy atom. The van der Waals surface area contributed by atoms with Crippen LogP contribution in [0.15, 0.2) is 90.8 Å². The van der Waals surface area contributed by atoms with Crippen molar-refractivity contribution in [1.29, 1.82) is 0 Å². The Labute approximate surface area is 286 Å². The Morgan fingerprint density at radius 2 is 1.94 bits per heavy atom. The second-order valence-electron chi connectivity index (χ2n) is 10.7. The van der Waals surface area contributed by atoms with Crippen molar-refractivity contribution in [2.75, 3.05) is 11.9 Å². The molecule has 0 amide bonds. The SMILES string of the molecule is CCC(c1nc(-c2cc3c(Nc4ccc(OCc5cccc(F)c5)c(Cl)c4)ncnc3cn2)cs1)N(C=S(=O)=O)CCc1ccccn1. The quantitative estimate of drug-likeness (QED) is 0.123. The van der Waals surface area contributed by atoms with Crippen molar-refractivity contribution in [3.05, 3.63) is 118 Å². The Kier molecular flexibility index (Phi) is 10.6. The fourth-order valence-electron chi connectivity index (χ4n) is 5.11. The van der Waals surface area contributed by atoms with E-state index in [1.807, 2.05) is 42.6 Å². The van der Waals surface area contributed by atoms with E-state index in [1.165, 1.54) is 35.3 Å². The zero-order valence-electron chi connectivity index (χ0n) is 25.6. The Bertz CT molecular complexity index is 2180. The maximum Gasteiger partial charge on any atom is 0.225 e. The summed E-state index contributed by atoms with van der Waals surface area (Å²) in [5, 5.41) is 7.09. The number of nitrogens with one attached hydrogen (secondary N) is 1. The van der Waals surface area contributed by atoms with E-state index < -0.39 is 10.3 Å². The van der Waals surface area contributed by atoms with E-state index in [4.69, 9.17) is 21.3 Å².